The van der Waals surface area contributed by atoms with Gasteiger partial charge in [-0.3, -0.25) is 9.59 Å². The minimum absolute atomic E-state index is 0.0337. The molecule has 3 amide bonds. The first-order valence-electron chi connectivity index (χ1n) is 9.47. The lowest BCUT2D eigenvalue weighted by Crippen LogP contribution is -2.53. The van der Waals surface area contributed by atoms with Crippen LogP contribution in [0.25, 0.3) is 0 Å². The number of carbonyl (C=O) groups excluding carboxylic acids is 3. The number of ether oxygens (including phenoxy) is 1. The van der Waals surface area contributed by atoms with Gasteiger partial charge in [-0.1, -0.05) is 11.6 Å². The van der Waals surface area contributed by atoms with Gasteiger partial charge in [-0.25, -0.2) is 4.79 Å². The van der Waals surface area contributed by atoms with Gasteiger partial charge in [0.2, 0.25) is 11.8 Å². The molecule has 2 fully saturated rings. The zero-order valence-corrected chi connectivity index (χ0v) is 17.2. The largest absolute Gasteiger partial charge is 0.444 e. The van der Waals surface area contributed by atoms with Crippen molar-refractivity contribution >= 4 is 35.2 Å². The van der Waals surface area contributed by atoms with Crippen molar-refractivity contribution < 1.29 is 19.1 Å². The first-order valence-corrected chi connectivity index (χ1v) is 9.84. The molecule has 0 aromatic heterocycles. The van der Waals surface area contributed by atoms with Crippen molar-refractivity contribution in [2.24, 2.45) is 5.92 Å². The van der Waals surface area contributed by atoms with Crippen molar-refractivity contribution in [1.29, 1.82) is 0 Å². The molecule has 0 radical (unpaired) electrons. The van der Waals surface area contributed by atoms with E-state index in [-0.39, 0.29) is 30.2 Å². The molecule has 1 unspecified atom stereocenters. The average molecular weight is 408 g/mol. The fourth-order valence-electron chi connectivity index (χ4n) is 3.44. The second-order valence-electron chi connectivity index (χ2n) is 8.17. The van der Waals surface area contributed by atoms with E-state index < -0.39 is 5.60 Å². The van der Waals surface area contributed by atoms with Crippen LogP contribution in [0.2, 0.25) is 5.02 Å². The second kappa shape index (κ2) is 7.99. The van der Waals surface area contributed by atoms with Gasteiger partial charge in [0, 0.05) is 49.9 Å². The van der Waals surface area contributed by atoms with Crippen molar-refractivity contribution in [1.82, 2.24) is 9.80 Å². The first-order chi connectivity index (χ1) is 13.1. The predicted octanol–water partition coefficient (Wildman–Crippen LogP) is 2.77. The number of rotatable bonds is 2. The number of amides is 3. The third-order valence-corrected chi connectivity index (χ3v) is 5.11. The molecular weight excluding hydrogens is 382 g/mol. The van der Waals surface area contributed by atoms with Gasteiger partial charge in [-0.2, -0.15) is 0 Å². The molecule has 2 aliphatic heterocycles. The van der Waals surface area contributed by atoms with Crippen LogP contribution in [0.4, 0.5) is 10.5 Å². The molecule has 2 heterocycles. The van der Waals surface area contributed by atoms with Crippen molar-refractivity contribution in [2.75, 3.05) is 37.6 Å². The molecule has 1 aromatic carbocycles. The van der Waals surface area contributed by atoms with Crippen LogP contribution in [-0.2, 0) is 14.3 Å². The number of piperazine rings is 1. The number of benzene rings is 1. The maximum atomic E-state index is 12.9. The van der Waals surface area contributed by atoms with Crippen molar-refractivity contribution in [3.8, 4) is 0 Å². The highest BCUT2D eigenvalue weighted by molar-refractivity contribution is 6.30. The fourth-order valence-corrected chi connectivity index (χ4v) is 3.56. The van der Waals surface area contributed by atoms with Crippen molar-refractivity contribution in [2.45, 2.75) is 32.8 Å². The van der Waals surface area contributed by atoms with Crippen LogP contribution in [0, 0.1) is 5.92 Å². The maximum Gasteiger partial charge on any atom is 0.410 e. The van der Waals surface area contributed by atoms with Gasteiger partial charge in [0.05, 0.1) is 5.92 Å². The van der Waals surface area contributed by atoms with Crippen LogP contribution in [0.15, 0.2) is 24.3 Å². The molecule has 0 saturated carbocycles. The SMILES string of the molecule is CC(C)(C)OC(=O)N1CCN(C(=O)C2CC(=O)N(c3ccc(Cl)cc3)C2)CC1. The van der Waals surface area contributed by atoms with Gasteiger partial charge in [0.25, 0.3) is 0 Å². The lowest BCUT2D eigenvalue weighted by Gasteiger charge is -2.36. The van der Waals surface area contributed by atoms with Gasteiger partial charge < -0.3 is 19.4 Å². The smallest absolute Gasteiger partial charge is 0.410 e. The Bertz CT molecular complexity index is 752. The maximum absolute atomic E-state index is 12.9. The summed E-state index contributed by atoms with van der Waals surface area (Å²) in [6.45, 7) is 7.61. The number of anilines is 1. The van der Waals surface area contributed by atoms with E-state index >= 15 is 0 Å². The van der Waals surface area contributed by atoms with E-state index in [1.54, 1.807) is 39.0 Å². The molecule has 0 bridgehead atoms. The van der Waals surface area contributed by atoms with Crippen LogP contribution in [0.1, 0.15) is 27.2 Å². The Kier molecular flexibility index (Phi) is 5.84. The average Bonchev–Trinajstić information content (AvgIpc) is 3.02. The summed E-state index contributed by atoms with van der Waals surface area (Å²) >= 11 is 5.90. The van der Waals surface area contributed by atoms with Crippen molar-refractivity contribution in [3.63, 3.8) is 0 Å². The Labute approximate surface area is 170 Å². The summed E-state index contributed by atoms with van der Waals surface area (Å²) < 4.78 is 5.38. The van der Waals surface area contributed by atoms with Crippen LogP contribution in [0.3, 0.4) is 0 Å². The zero-order valence-electron chi connectivity index (χ0n) is 16.5. The Hall–Kier alpha value is -2.28. The van der Waals surface area contributed by atoms with Gasteiger partial charge in [0.15, 0.2) is 0 Å². The number of nitrogens with zero attached hydrogens (tertiary/aromatic N) is 3. The molecule has 7 nitrogen and oxygen atoms in total. The number of hydrogen-bond acceptors (Lipinski definition) is 4. The van der Waals surface area contributed by atoms with E-state index in [9.17, 15) is 14.4 Å². The summed E-state index contributed by atoms with van der Waals surface area (Å²) in [5.41, 5.74) is 0.207. The van der Waals surface area contributed by atoms with Gasteiger partial charge in [-0.15, -0.1) is 0 Å². The highest BCUT2D eigenvalue weighted by atomic mass is 35.5. The molecule has 152 valence electrons. The summed E-state index contributed by atoms with van der Waals surface area (Å²) in [4.78, 5) is 42.4. The monoisotopic (exact) mass is 407 g/mol. The highest BCUT2D eigenvalue weighted by Gasteiger charge is 2.38. The van der Waals surface area contributed by atoms with Crippen LogP contribution < -0.4 is 4.90 Å². The highest BCUT2D eigenvalue weighted by Crippen LogP contribution is 2.27. The lowest BCUT2D eigenvalue weighted by atomic mass is 10.1. The molecule has 3 rings (SSSR count). The van der Waals surface area contributed by atoms with Crippen molar-refractivity contribution in [3.05, 3.63) is 29.3 Å². The summed E-state index contributed by atoms with van der Waals surface area (Å²) in [5.74, 6) is -0.460. The third kappa shape index (κ3) is 4.76. The molecule has 28 heavy (non-hydrogen) atoms. The Morgan fingerprint density at radius 2 is 1.61 bits per heavy atom. The van der Waals surface area contributed by atoms with Crippen LogP contribution >= 0.6 is 11.6 Å². The number of halogens is 1. The molecule has 8 heteroatoms. The molecule has 2 saturated heterocycles. The summed E-state index contributed by atoms with van der Waals surface area (Å²) in [7, 11) is 0. The quantitative estimate of drug-likeness (QED) is 0.755. The van der Waals surface area contributed by atoms with Gasteiger partial charge in [0.1, 0.15) is 5.60 Å². The summed E-state index contributed by atoms with van der Waals surface area (Å²) in [6.07, 6.45) is -0.155. The number of hydrogen-bond donors (Lipinski definition) is 0. The molecule has 2 aliphatic rings. The van der Waals surface area contributed by atoms with E-state index in [0.717, 1.165) is 5.69 Å². The molecular formula is C20H26ClN3O4. The predicted molar refractivity (Wildman–Crippen MR) is 106 cm³/mol. The zero-order chi connectivity index (χ0) is 20.5. The van der Waals surface area contributed by atoms with E-state index in [4.69, 9.17) is 16.3 Å². The first kappa shape index (κ1) is 20.5. The normalized spacial score (nSPS) is 20.5. The Morgan fingerprint density at radius 1 is 1.04 bits per heavy atom. The molecule has 1 aromatic rings. The third-order valence-electron chi connectivity index (χ3n) is 4.86. The number of carbonyl (C=O) groups is 3. The van der Waals surface area contributed by atoms with Crippen LogP contribution in [-0.4, -0.2) is 66.0 Å². The summed E-state index contributed by atoms with van der Waals surface area (Å²) in [5, 5.41) is 0.603. The van der Waals surface area contributed by atoms with E-state index in [1.165, 1.54) is 0 Å². The minimum atomic E-state index is -0.542. The Balaban J connectivity index is 1.55. The van der Waals surface area contributed by atoms with Gasteiger partial charge in [-0.05, 0) is 45.0 Å². The molecule has 0 aliphatic carbocycles. The fraction of sp³-hybridized carbons (Fsp3) is 0.550. The minimum Gasteiger partial charge on any atom is -0.444 e. The van der Waals surface area contributed by atoms with E-state index in [1.807, 2.05) is 20.8 Å². The lowest BCUT2D eigenvalue weighted by molar-refractivity contribution is -0.137. The standard InChI is InChI=1S/C20H26ClN3O4/c1-20(2,3)28-19(27)23-10-8-22(9-11-23)18(26)14-12-17(25)24(13-14)16-6-4-15(21)5-7-16/h4-7,14H,8-13H2,1-3H3. The van der Waals surface area contributed by atoms with Gasteiger partial charge >= 0.3 is 6.09 Å². The molecule has 0 spiro atoms. The van der Waals surface area contributed by atoms with E-state index in [2.05, 4.69) is 0 Å². The summed E-state index contributed by atoms with van der Waals surface area (Å²) in [6, 6.07) is 7.03. The molecule has 0 N–H and O–H groups in total. The second-order valence-corrected chi connectivity index (χ2v) is 8.61. The van der Waals surface area contributed by atoms with E-state index in [0.29, 0.717) is 37.7 Å². The van der Waals surface area contributed by atoms with Crippen LogP contribution in [0.5, 0.6) is 0 Å². The Morgan fingerprint density at radius 3 is 2.18 bits per heavy atom. The topological polar surface area (TPSA) is 70.2 Å². The molecule has 1 atom stereocenters.